The zero-order valence-electron chi connectivity index (χ0n) is 49.1. The van der Waals surface area contributed by atoms with Crippen LogP contribution in [0.2, 0.25) is 0 Å². The highest BCUT2D eigenvalue weighted by Crippen LogP contribution is 2.54. The van der Waals surface area contributed by atoms with E-state index in [-0.39, 0.29) is 66.4 Å². The Hall–Kier alpha value is -8.94. The number of aliphatic hydroxyl groups is 2. The Balaban J connectivity index is 0.808. The number of aromatic hydroxyl groups is 1. The van der Waals surface area contributed by atoms with E-state index >= 15 is 4.39 Å². The molecule has 4 aromatic heterocycles. The molecule has 1 aliphatic carbocycles. The van der Waals surface area contributed by atoms with E-state index in [4.69, 9.17) is 35.7 Å². The van der Waals surface area contributed by atoms with Crippen LogP contribution in [0.25, 0.3) is 65.9 Å². The van der Waals surface area contributed by atoms with Crippen LogP contribution in [0.1, 0.15) is 99.6 Å². The van der Waals surface area contributed by atoms with Crippen LogP contribution < -0.4 is 30.6 Å². The van der Waals surface area contributed by atoms with E-state index in [9.17, 15) is 29.7 Å². The Morgan fingerprint density at radius 2 is 1.77 bits per heavy atom. The van der Waals surface area contributed by atoms with E-state index in [2.05, 4.69) is 37.6 Å². The van der Waals surface area contributed by atoms with Gasteiger partial charge in [0.2, 0.25) is 11.8 Å². The molecule has 4 saturated heterocycles. The quantitative estimate of drug-likeness (QED) is 0.0474. The van der Waals surface area contributed by atoms with Crippen molar-refractivity contribution in [2.75, 3.05) is 44.4 Å². The Kier molecular flexibility index (Phi) is 14.8. The summed E-state index contributed by atoms with van der Waals surface area (Å²) in [5, 5.41) is 51.6. The van der Waals surface area contributed by atoms with Crippen molar-refractivity contribution in [2.24, 2.45) is 5.92 Å². The predicted molar refractivity (Wildman–Crippen MR) is 330 cm³/mol. The SMILES string of the molecule is C#Cc1c(F)ccc2cc(O)cc(-c3c(C4CC4)cc4c(N5C[C@@H]6C[C@H]5CN6)nc(OC5CCOCC5)nc4c3OCc3ccc4c(c3)[nH]c(=O)c3nn([C@H](C(=O)N5C[C@H](O)C[C@H]5C(=O)N[C@@H](CO)c5ccc(-c6ccnn6CC)cc5)C(C)C)cc34)c12. The summed E-state index contributed by atoms with van der Waals surface area (Å²) < 4.78 is 38.8. The van der Waals surface area contributed by atoms with Crippen LogP contribution in [0.15, 0.2) is 96.1 Å². The summed E-state index contributed by atoms with van der Waals surface area (Å²) in [7, 11) is 0. The molecule has 9 aromatic rings. The summed E-state index contributed by atoms with van der Waals surface area (Å²) >= 11 is 0. The van der Waals surface area contributed by atoms with Crippen molar-refractivity contribution in [3.63, 3.8) is 0 Å². The van der Waals surface area contributed by atoms with Gasteiger partial charge in [-0.25, -0.2) is 4.39 Å². The van der Waals surface area contributed by atoms with Gasteiger partial charge in [0.1, 0.15) is 47.7 Å². The summed E-state index contributed by atoms with van der Waals surface area (Å²) in [4.78, 5) is 60.5. The van der Waals surface area contributed by atoms with Crippen LogP contribution in [0.3, 0.4) is 0 Å². The number of likely N-dealkylation sites (tertiary alicyclic amines) is 1. The molecule has 2 amide bonds. The number of ether oxygens (including phenoxy) is 3. The molecule has 4 aliphatic heterocycles. The van der Waals surface area contributed by atoms with Crippen molar-refractivity contribution in [1.29, 1.82) is 0 Å². The highest BCUT2D eigenvalue weighted by Gasteiger charge is 2.44. The lowest BCUT2D eigenvalue weighted by atomic mass is 9.88. The van der Waals surface area contributed by atoms with Crippen LogP contribution in [0.5, 0.6) is 17.5 Å². The maximum Gasteiger partial charge on any atom is 0.319 e. The zero-order chi connectivity index (χ0) is 60.6. The number of carbonyl (C=O) groups is 2. The second-order valence-electron chi connectivity index (χ2n) is 24.4. The number of hydrogen-bond acceptors (Lipinski definition) is 15. The minimum absolute atomic E-state index is 0.0149. The number of amides is 2. The van der Waals surface area contributed by atoms with Gasteiger partial charge in [-0.3, -0.25) is 23.7 Å². The third-order valence-electron chi connectivity index (χ3n) is 18.3. The van der Waals surface area contributed by atoms with E-state index in [0.717, 1.165) is 60.4 Å². The monoisotopic (exact) mass is 1190 g/mol. The summed E-state index contributed by atoms with van der Waals surface area (Å²) in [6.07, 6.45) is 12.4. The van der Waals surface area contributed by atoms with Crippen LogP contribution in [0, 0.1) is 24.1 Å². The number of terminal acetylenes is 1. The topological polar surface area (TPSA) is 247 Å². The molecule has 14 rings (SSSR count). The van der Waals surface area contributed by atoms with E-state index < -0.39 is 54.0 Å². The van der Waals surface area contributed by atoms with Crippen molar-refractivity contribution in [3.05, 3.63) is 130 Å². The second kappa shape index (κ2) is 23.0. The molecule has 20 nitrogen and oxygen atoms in total. The predicted octanol–water partition coefficient (Wildman–Crippen LogP) is 7.92. The van der Waals surface area contributed by atoms with Gasteiger partial charge in [-0.1, -0.05) is 62.2 Å². The molecule has 5 aliphatic rings. The van der Waals surface area contributed by atoms with Crippen molar-refractivity contribution < 1.29 is 43.5 Å². The number of rotatable bonds is 17. The molecule has 1 saturated carbocycles. The number of anilines is 1. The lowest BCUT2D eigenvalue weighted by molar-refractivity contribution is -0.142. The molecule has 6 atom stereocenters. The van der Waals surface area contributed by atoms with Gasteiger partial charge in [0.15, 0.2) is 11.3 Å². The molecule has 88 heavy (non-hydrogen) atoms. The number of aromatic nitrogens is 7. The fraction of sp³-hybridized carbons (Fsp3) is 0.388. The third-order valence-corrected chi connectivity index (χ3v) is 18.3. The fourth-order valence-electron chi connectivity index (χ4n) is 13.8. The minimum atomic E-state index is -1.06. The average molecular weight is 1190 g/mol. The van der Waals surface area contributed by atoms with Gasteiger partial charge < -0.3 is 54.9 Å². The first kappa shape index (κ1) is 56.8. The summed E-state index contributed by atoms with van der Waals surface area (Å²) in [5.74, 6) is 1.81. The van der Waals surface area contributed by atoms with E-state index in [0.29, 0.717) is 99.2 Å². The first-order valence-corrected chi connectivity index (χ1v) is 30.5. The summed E-state index contributed by atoms with van der Waals surface area (Å²) in [6.45, 7) is 8.49. The average Bonchev–Trinajstić information content (AvgIpc) is 1.56. The number of H-pyrrole nitrogens is 1. The third kappa shape index (κ3) is 10.3. The number of benzene rings is 5. The Labute approximate surface area is 505 Å². The van der Waals surface area contributed by atoms with E-state index in [1.807, 2.05) is 74.0 Å². The number of piperazine rings is 1. The van der Waals surface area contributed by atoms with Gasteiger partial charge in [0.05, 0.1) is 43.2 Å². The first-order valence-electron chi connectivity index (χ1n) is 30.5. The number of aliphatic hydroxyl groups excluding tert-OH is 2. The molecule has 5 aromatic carbocycles. The van der Waals surface area contributed by atoms with Crippen molar-refractivity contribution in [3.8, 4) is 52.2 Å². The number of β-amino-alcohol motifs (C(OH)–C–C–N with tert-alkyl or cyclic N) is 1. The van der Waals surface area contributed by atoms with E-state index in [1.54, 1.807) is 30.6 Å². The van der Waals surface area contributed by atoms with E-state index in [1.165, 1.54) is 15.6 Å². The molecule has 21 heteroatoms. The van der Waals surface area contributed by atoms with Gasteiger partial charge in [0, 0.05) is 103 Å². The number of phenols is 1. The number of aryl methyl sites for hydroxylation is 1. The first-order chi connectivity index (χ1) is 42.7. The largest absolute Gasteiger partial charge is 0.508 e. The van der Waals surface area contributed by atoms with Gasteiger partial charge in [-0.15, -0.1) is 6.42 Å². The standard InChI is InChI=1S/C67H68FN11O9/c1-5-46-52(68)16-14-40-24-43(81)26-49(57(40)46)58-48(37-8-9-37)28-50-59(73-67(88-45-18-21-86-22-19-45)74-63(50)76-30-41-25-42(76)29-69-41)62(58)87-34-36-7-15-47-51-32-79(75-60(51)65(84)71-53(47)23-36)61(35(3)4)66(85)77-31-44(82)27-56(77)64(83)72-54(33-80)38-10-12-39(13-11-38)55-17-20-70-78(55)6-2/h1,7,10-17,20,23-24,26,28,32,35,37,41-42,44-45,54,56,61,69,80-82H,6,8-9,18-19,21-22,25,27,29-31,33-34H2,2-4H3,(H,71,84)(H,72,83)/t41-,42-,44+,54-,56-,61-/m0/s1. The molecular formula is C67H68FN11O9. The van der Waals surface area contributed by atoms with Crippen LogP contribution in [-0.2, 0) is 27.5 Å². The summed E-state index contributed by atoms with van der Waals surface area (Å²) in [5.41, 5.74) is 5.83. The van der Waals surface area contributed by atoms with Crippen molar-refractivity contribution in [1.82, 2.24) is 50.0 Å². The molecule has 452 valence electrons. The van der Waals surface area contributed by atoms with Gasteiger partial charge in [-0.05, 0) is 108 Å². The molecule has 6 N–H and O–H groups in total. The minimum Gasteiger partial charge on any atom is -0.508 e. The number of carbonyl (C=O) groups excluding carboxylic acids is 2. The van der Waals surface area contributed by atoms with Crippen LogP contribution >= 0.6 is 0 Å². The molecule has 0 radical (unpaired) electrons. The fourth-order valence-corrected chi connectivity index (χ4v) is 13.8. The number of fused-ring (bicyclic) bond motifs is 7. The summed E-state index contributed by atoms with van der Waals surface area (Å²) in [6, 6.07) is 21.1. The highest BCUT2D eigenvalue weighted by atomic mass is 19.1. The lowest BCUT2D eigenvalue weighted by Gasteiger charge is -2.31. The molecule has 0 spiro atoms. The lowest BCUT2D eigenvalue weighted by Crippen LogP contribution is -2.50. The Morgan fingerprint density at radius 1 is 0.955 bits per heavy atom. The number of nitrogens with one attached hydrogen (secondary N) is 3. The van der Waals surface area contributed by atoms with Crippen LogP contribution in [-0.4, -0.2) is 136 Å². The smallest absolute Gasteiger partial charge is 0.319 e. The number of phenolic OH excluding ortho intramolecular Hbond substituents is 1. The number of aromatic amines is 1. The van der Waals surface area contributed by atoms with Gasteiger partial charge in [-0.2, -0.15) is 20.2 Å². The Morgan fingerprint density at radius 3 is 2.50 bits per heavy atom. The maximum atomic E-state index is 15.9. The van der Waals surface area contributed by atoms with Crippen molar-refractivity contribution in [2.45, 2.75) is 121 Å². The van der Waals surface area contributed by atoms with Gasteiger partial charge in [0.25, 0.3) is 5.56 Å². The zero-order valence-corrected chi connectivity index (χ0v) is 49.1. The molecule has 5 fully saturated rings. The normalized spacial score (nSPS) is 20.2. The number of halogens is 1. The second-order valence-corrected chi connectivity index (χ2v) is 24.4. The number of hydrogen-bond donors (Lipinski definition) is 6. The number of nitrogens with zero attached hydrogens (tertiary/aromatic N) is 8. The molecular weight excluding hydrogens is 1120 g/mol. The highest BCUT2D eigenvalue weighted by molar-refractivity contribution is 6.08. The molecule has 2 bridgehead atoms. The van der Waals surface area contributed by atoms with Crippen LogP contribution in [0.4, 0.5) is 10.2 Å². The maximum absolute atomic E-state index is 15.9. The van der Waals surface area contributed by atoms with Gasteiger partial charge >= 0.3 is 6.01 Å². The molecule has 0 unspecified atom stereocenters. The molecule has 8 heterocycles. The van der Waals surface area contributed by atoms with Crippen molar-refractivity contribution >= 4 is 61.1 Å². The number of pyridine rings is 1. The Bertz CT molecular complexity index is 4340.